The lowest BCUT2D eigenvalue weighted by molar-refractivity contribution is 1.27. The molecule has 78 valence electrons. The van der Waals surface area contributed by atoms with Gasteiger partial charge >= 0.3 is 0 Å². The molecule has 0 nitrogen and oxygen atoms in total. The van der Waals surface area contributed by atoms with Crippen LogP contribution in [0.15, 0.2) is 15.9 Å². The monoisotopic (exact) mass is 252 g/mol. The summed E-state index contributed by atoms with van der Waals surface area (Å²) in [5.41, 5.74) is 4.79. The Kier molecular flexibility index (Phi) is 4.38. The quantitative estimate of drug-likeness (QED) is 0.467. The van der Waals surface area contributed by atoms with Gasteiger partial charge in [0.1, 0.15) is 15.7 Å². The molecule has 1 aromatic rings. The van der Waals surface area contributed by atoms with Crippen LogP contribution < -0.4 is 10.9 Å². The SMILES string of the molecule is Bc1c(C)c(B)c(/C(S)=C\C)c(S)c1S. The van der Waals surface area contributed by atoms with Crippen molar-refractivity contribution in [3.8, 4) is 0 Å². The lowest BCUT2D eigenvalue weighted by Gasteiger charge is -2.17. The molecule has 0 saturated carbocycles. The number of thiol groups is 3. The molecule has 0 bridgehead atoms. The summed E-state index contributed by atoms with van der Waals surface area (Å²) in [6, 6.07) is 0. The molecule has 0 aliphatic rings. The Morgan fingerprint density at radius 2 is 1.67 bits per heavy atom. The van der Waals surface area contributed by atoms with E-state index in [-0.39, 0.29) is 0 Å². The van der Waals surface area contributed by atoms with Crippen molar-refractivity contribution in [2.24, 2.45) is 0 Å². The highest BCUT2D eigenvalue weighted by molar-refractivity contribution is 7.90. The molecule has 0 radical (unpaired) electrons. The van der Waals surface area contributed by atoms with Crippen molar-refractivity contribution < 1.29 is 0 Å². The first-order valence-electron chi connectivity index (χ1n) is 4.79. The van der Waals surface area contributed by atoms with E-state index in [0.29, 0.717) is 0 Å². The van der Waals surface area contributed by atoms with Crippen LogP contribution >= 0.6 is 37.9 Å². The Labute approximate surface area is 110 Å². The van der Waals surface area contributed by atoms with Crippen molar-refractivity contribution in [2.75, 3.05) is 0 Å². The van der Waals surface area contributed by atoms with Gasteiger partial charge in [-0.2, -0.15) is 0 Å². The molecule has 0 amide bonds. The minimum absolute atomic E-state index is 0.919. The van der Waals surface area contributed by atoms with Gasteiger partial charge in [0.2, 0.25) is 0 Å². The fraction of sp³-hybridized carbons (Fsp3) is 0.200. The summed E-state index contributed by atoms with van der Waals surface area (Å²) >= 11 is 13.5. The molecule has 5 heteroatoms. The molecule has 0 saturated heterocycles. The third-order valence-electron chi connectivity index (χ3n) is 2.85. The highest BCUT2D eigenvalue weighted by atomic mass is 32.1. The van der Waals surface area contributed by atoms with Crippen molar-refractivity contribution in [1.82, 2.24) is 0 Å². The molecule has 0 aliphatic heterocycles. The zero-order valence-corrected chi connectivity index (χ0v) is 12.1. The summed E-state index contributed by atoms with van der Waals surface area (Å²) in [5, 5.41) is 0. The molecule has 1 aromatic carbocycles. The van der Waals surface area contributed by atoms with E-state index in [1.54, 1.807) is 0 Å². The van der Waals surface area contributed by atoms with Gasteiger partial charge in [-0.15, -0.1) is 37.9 Å². The number of hydrogen-bond acceptors (Lipinski definition) is 3. The van der Waals surface area contributed by atoms with Crippen LogP contribution in [-0.4, -0.2) is 15.7 Å². The van der Waals surface area contributed by atoms with Gasteiger partial charge in [0.05, 0.1) is 0 Å². The second-order valence-corrected chi connectivity index (χ2v) is 5.00. The summed E-state index contributed by atoms with van der Waals surface area (Å²) in [6.07, 6.45) is 1.98. The maximum atomic E-state index is 4.53. The Morgan fingerprint density at radius 3 is 2.13 bits per heavy atom. The van der Waals surface area contributed by atoms with Crippen molar-refractivity contribution >= 4 is 69.4 Å². The second kappa shape index (κ2) is 4.98. The van der Waals surface area contributed by atoms with Crippen LogP contribution in [0, 0.1) is 6.92 Å². The molecule has 0 aliphatic carbocycles. The van der Waals surface area contributed by atoms with Crippen LogP contribution in [0.3, 0.4) is 0 Å². The highest BCUT2D eigenvalue weighted by Gasteiger charge is 2.13. The van der Waals surface area contributed by atoms with Crippen molar-refractivity contribution in [2.45, 2.75) is 23.6 Å². The number of rotatable bonds is 1. The van der Waals surface area contributed by atoms with Gasteiger partial charge in [0.25, 0.3) is 0 Å². The summed E-state index contributed by atoms with van der Waals surface area (Å²) in [5.74, 6) is 0. The van der Waals surface area contributed by atoms with E-state index in [0.717, 1.165) is 20.3 Å². The predicted octanol–water partition coefficient (Wildman–Crippen LogP) is 0.380. The van der Waals surface area contributed by atoms with Crippen LogP contribution in [0.25, 0.3) is 4.91 Å². The minimum atomic E-state index is 0.919. The van der Waals surface area contributed by atoms with E-state index in [2.05, 4.69) is 60.5 Å². The van der Waals surface area contributed by atoms with E-state index in [4.69, 9.17) is 0 Å². The van der Waals surface area contributed by atoms with E-state index in [1.165, 1.54) is 16.5 Å². The summed E-state index contributed by atoms with van der Waals surface area (Å²) < 4.78 is 0. The van der Waals surface area contributed by atoms with Gasteiger partial charge in [0, 0.05) is 14.7 Å². The maximum Gasteiger partial charge on any atom is 0.141 e. The lowest BCUT2D eigenvalue weighted by atomic mass is 9.78. The fourth-order valence-corrected chi connectivity index (χ4v) is 2.68. The average molecular weight is 252 g/mol. The minimum Gasteiger partial charge on any atom is -0.143 e. The molecule has 0 unspecified atom stereocenters. The Bertz CT molecular complexity index is 410. The van der Waals surface area contributed by atoms with E-state index in [1.807, 2.05) is 13.0 Å². The first kappa shape index (κ1) is 13.2. The molecular weight excluding hydrogens is 238 g/mol. The smallest absolute Gasteiger partial charge is 0.141 e. The lowest BCUT2D eigenvalue weighted by Crippen LogP contribution is -2.25. The van der Waals surface area contributed by atoms with Crippen molar-refractivity contribution in [3.63, 3.8) is 0 Å². The molecule has 0 atom stereocenters. The van der Waals surface area contributed by atoms with Gasteiger partial charge in [-0.25, -0.2) is 0 Å². The normalized spacial score (nSPS) is 11.9. The number of allylic oxidation sites excluding steroid dienone is 1. The van der Waals surface area contributed by atoms with Crippen LogP contribution in [0.2, 0.25) is 0 Å². The molecule has 0 spiro atoms. The molecule has 0 N–H and O–H groups in total. The largest absolute Gasteiger partial charge is 0.143 e. The van der Waals surface area contributed by atoms with Crippen LogP contribution in [0.1, 0.15) is 18.1 Å². The zero-order valence-electron chi connectivity index (χ0n) is 9.42. The molecule has 1 rings (SSSR count). The standard InChI is InChI=1S/C10H14B2S3/c1-3-5(13)6-7(11)4(2)8(12)10(15)9(6)14/h3,13-15H,11-12H2,1-2H3/b5-3+. The highest BCUT2D eigenvalue weighted by Crippen LogP contribution is 2.28. The number of hydrogen-bond donors (Lipinski definition) is 3. The van der Waals surface area contributed by atoms with Gasteiger partial charge < -0.3 is 0 Å². The van der Waals surface area contributed by atoms with Gasteiger partial charge in [-0.1, -0.05) is 22.6 Å². The van der Waals surface area contributed by atoms with E-state index < -0.39 is 0 Å². The Balaban J connectivity index is 3.67. The first-order chi connectivity index (χ1) is 6.91. The third kappa shape index (κ3) is 2.29. The zero-order chi connectivity index (χ0) is 11.7. The van der Waals surface area contributed by atoms with Crippen LogP contribution in [-0.2, 0) is 0 Å². The second-order valence-electron chi connectivity index (χ2n) is 3.62. The first-order valence-corrected chi connectivity index (χ1v) is 6.13. The fourth-order valence-electron chi connectivity index (χ4n) is 1.58. The maximum absolute atomic E-state index is 4.53. The van der Waals surface area contributed by atoms with Crippen molar-refractivity contribution in [1.29, 1.82) is 0 Å². The summed E-state index contributed by atoms with van der Waals surface area (Å²) in [4.78, 5) is 2.82. The third-order valence-corrected chi connectivity index (χ3v) is 4.51. The van der Waals surface area contributed by atoms with Gasteiger partial charge in [-0.05, 0) is 19.4 Å². The number of benzene rings is 1. The molecule has 0 aromatic heterocycles. The Hall–Kier alpha value is 0.140. The molecule has 0 fully saturated rings. The van der Waals surface area contributed by atoms with Crippen LogP contribution in [0.4, 0.5) is 0 Å². The predicted molar refractivity (Wildman–Crippen MR) is 84.7 cm³/mol. The van der Waals surface area contributed by atoms with Gasteiger partial charge in [0.15, 0.2) is 0 Å². The molecule has 15 heavy (non-hydrogen) atoms. The van der Waals surface area contributed by atoms with E-state index >= 15 is 0 Å². The summed E-state index contributed by atoms with van der Waals surface area (Å²) in [7, 11) is 4.17. The molecular formula is C10H14B2S3. The van der Waals surface area contributed by atoms with Crippen molar-refractivity contribution in [3.05, 3.63) is 17.2 Å². The topological polar surface area (TPSA) is 0 Å². The Morgan fingerprint density at radius 1 is 1.13 bits per heavy atom. The van der Waals surface area contributed by atoms with E-state index in [9.17, 15) is 0 Å². The summed E-state index contributed by atoms with van der Waals surface area (Å²) in [6.45, 7) is 4.08. The average Bonchev–Trinajstić information content (AvgIpc) is 2.23. The van der Waals surface area contributed by atoms with Gasteiger partial charge in [-0.3, -0.25) is 0 Å². The molecule has 0 heterocycles. The van der Waals surface area contributed by atoms with Crippen LogP contribution in [0.5, 0.6) is 0 Å².